The lowest BCUT2D eigenvalue weighted by molar-refractivity contribution is -0.112. The standard InChI is InChI=1S/C30H23IN2O4/c1-2-36-30(35)23-10-12-26(13-11-23)33-29(34)25(18-32)15-20-8-14-28(27(31)17-20)37-19-21-7-9-22-5-3-4-6-24(22)16-21/h3-17H,2,19H2,1H3,(H,33,34)/b25-15+. The number of carbonyl (C=O) groups is 2. The first-order valence-electron chi connectivity index (χ1n) is 11.6. The van der Waals surface area contributed by atoms with E-state index >= 15 is 0 Å². The first kappa shape index (κ1) is 25.9. The van der Waals surface area contributed by atoms with Crippen molar-refractivity contribution in [2.75, 3.05) is 11.9 Å². The molecule has 0 fully saturated rings. The van der Waals surface area contributed by atoms with Gasteiger partial charge in [-0.3, -0.25) is 4.79 Å². The molecule has 7 heteroatoms. The molecule has 4 rings (SSSR count). The number of anilines is 1. The van der Waals surface area contributed by atoms with E-state index in [1.165, 1.54) is 11.5 Å². The summed E-state index contributed by atoms with van der Waals surface area (Å²) in [5.41, 5.74) is 2.57. The maximum Gasteiger partial charge on any atom is 0.338 e. The van der Waals surface area contributed by atoms with Gasteiger partial charge in [-0.15, -0.1) is 0 Å². The van der Waals surface area contributed by atoms with Gasteiger partial charge >= 0.3 is 5.97 Å². The summed E-state index contributed by atoms with van der Waals surface area (Å²) in [5, 5.41) is 14.6. The van der Waals surface area contributed by atoms with Crippen LogP contribution in [0, 0.1) is 14.9 Å². The van der Waals surface area contributed by atoms with E-state index in [-0.39, 0.29) is 12.2 Å². The highest BCUT2D eigenvalue weighted by Gasteiger charge is 2.12. The zero-order valence-corrected chi connectivity index (χ0v) is 22.2. The third-order valence-corrected chi connectivity index (χ3v) is 6.34. The number of carbonyl (C=O) groups excluding carboxylic acids is 2. The summed E-state index contributed by atoms with van der Waals surface area (Å²) in [6, 6.07) is 28.2. The Hall–Kier alpha value is -4.16. The molecule has 0 unspecified atom stereocenters. The van der Waals surface area contributed by atoms with E-state index in [0.717, 1.165) is 20.3 Å². The maximum absolute atomic E-state index is 12.7. The number of halogens is 1. The first-order valence-corrected chi connectivity index (χ1v) is 12.6. The Morgan fingerprint density at radius 2 is 1.73 bits per heavy atom. The quantitative estimate of drug-likeness (QED) is 0.104. The second-order valence-electron chi connectivity index (χ2n) is 8.08. The van der Waals surface area contributed by atoms with Crippen molar-refractivity contribution in [3.63, 3.8) is 0 Å². The van der Waals surface area contributed by atoms with E-state index in [1.807, 2.05) is 30.3 Å². The number of hydrogen-bond acceptors (Lipinski definition) is 5. The fraction of sp³-hybridized carbons (Fsp3) is 0.100. The molecule has 0 radical (unpaired) electrons. The summed E-state index contributed by atoms with van der Waals surface area (Å²) in [4.78, 5) is 24.4. The van der Waals surface area contributed by atoms with Crippen molar-refractivity contribution in [1.29, 1.82) is 5.26 Å². The number of amides is 1. The molecule has 0 aliphatic carbocycles. The molecule has 0 atom stereocenters. The topological polar surface area (TPSA) is 88.4 Å². The number of hydrogen-bond donors (Lipinski definition) is 1. The van der Waals surface area contributed by atoms with Gasteiger partial charge in [-0.05, 0) is 100.0 Å². The monoisotopic (exact) mass is 602 g/mol. The second kappa shape index (κ2) is 12.2. The zero-order chi connectivity index (χ0) is 26.2. The van der Waals surface area contributed by atoms with Crippen LogP contribution >= 0.6 is 22.6 Å². The van der Waals surface area contributed by atoms with Gasteiger partial charge in [-0.2, -0.15) is 5.26 Å². The normalized spacial score (nSPS) is 11.0. The summed E-state index contributed by atoms with van der Waals surface area (Å²) < 4.78 is 11.8. The van der Waals surface area contributed by atoms with Crippen LogP contribution in [0.15, 0.2) is 90.5 Å². The van der Waals surface area contributed by atoms with E-state index < -0.39 is 11.9 Å². The van der Waals surface area contributed by atoms with Crippen LogP contribution in [0.4, 0.5) is 5.69 Å². The molecule has 0 saturated carbocycles. The number of benzene rings is 4. The van der Waals surface area contributed by atoms with Crippen LogP contribution in [-0.2, 0) is 16.1 Å². The largest absolute Gasteiger partial charge is 0.488 e. The average molecular weight is 602 g/mol. The lowest BCUT2D eigenvalue weighted by Crippen LogP contribution is -2.13. The predicted molar refractivity (Wildman–Crippen MR) is 152 cm³/mol. The minimum atomic E-state index is -0.543. The Balaban J connectivity index is 1.41. The molecule has 0 heterocycles. The van der Waals surface area contributed by atoms with E-state index in [0.29, 0.717) is 23.4 Å². The fourth-order valence-electron chi connectivity index (χ4n) is 3.63. The van der Waals surface area contributed by atoms with E-state index in [2.05, 4.69) is 58.2 Å². The maximum atomic E-state index is 12.7. The van der Waals surface area contributed by atoms with E-state index in [9.17, 15) is 14.9 Å². The fourth-order valence-corrected chi connectivity index (χ4v) is 4.33. The molecule has 4 aromatic rings. The summed E-state index contributed by atoms with van der Waals surface area (Å²) in [7, 11) is 0. The van der Waals surface area contributed by atoms with Crippen LogP contribution < -0.4 is 10.1 Å². The molecule has 0 aliphatic heterocycles. The SMILES string of the molecule is CCOC(=O)c1ccc(NC(=O)/C(C#N)=C/c2ccc(OCc3ccc4ccccc4c3)c(I)c2)cc1. The zero-order valence-electron chi connectivity index (χ0n) is 20.0. The second-order valence-corrected chi connectivity index (χ2v) is 9.24. The summed E-state index contributed by atoms with van der Waals surface area (Å²) in [6.07, 6.45) is 1.53. The van der Waals surface area contributed by atoms with Crippen LogP contribution in [0.5, 0.6) is 5.75 Å². The summed E-state index contributed by atoms with van der Waals surface area (Å²) in [6.45, 7) is 2.44. The summed E-state index contributed by atoms with van der Waals surface area (Å²) in [5.74, 6) is -0.258. The molecule has 0 spiro atoms. The Morgan fingerprint density at radius 3 is 2.43 bits per heavy atom. The van der Waals surface area contributed by atoms with Crippen LogP contribution in [-0.4, -0.2) is 18.5 Å². The van der Waals surface area contributed by atoms with Gasteiger partial charge in [0.05, 0.1) is 15.7 Å². The van der Waals surface area contributed by atoms with Gasteiger partial charge in [0.1, 0.15) is 24.0 Å². The molecule has 4 aromatic carbocycles. The van der Waals surface area contributed by atoms with Gasteiger partial charge in [0.2, 0.25) is 0 Å². The number of nitriles is 1. The Kier molecular flexibility index (Phi) is 8.54. The number of nitrogens with zero attached hydrogens (tertiary/aromatic N) is 1. The third-order valence-electron chi connectivity index (χ3n) is 5.49. The number of esters is 1. The van der Waals surface area contributed by atoms with Gasteiger partial charge in [0, 0.05) is 5.69 Å². The average Bonchev–Trinajstić information content (AvgIpc) is 2.91. The molecule has 1 N–H and O–H groups in total. The van der Waals surface area contributed by atoms with Crippen LogP contribution in [0.1, 0.15) is 28.4 Å². The van der Waals surface area contributed by atoms with E-state index in [1.54, 1.807) is 37.3 Å². The van der Waals surface area contributed by atoms with Crippen molar-refractivity contribution < 1.29 is 19.1 Å². The number of nitrogens with one attached hydrogen (secondary N) is 1. The molecule has 0 bridgehead atoms. The highest BCUT2D eigenvalue weighted by atomic mass is 127. The van der Waals surface area contributed by atoms with E-state index in [4.69, 9.17) is 9.47 Å². The number of fused-ring (bicyclic) bond motifs is 1. The molecule has 184 valence electrons. The molecule has 37 heavy (non-hydrogen) atoms. The first-order chi connectivity index (χ1) is 18.0. The van der Waals surface area contributed by atoms with Crippen molar-refractivity contribution in [3.8, 4) is 11.8 Å². The van der Waals surface area contributed by atoms with Gasteiger partial charge < -0.3 is 14.8 Å². The Labute approximate surface area is 228 Å². The lowest BCUT2D eigenvalue weighted by Gasteiger charge is -2.10. The van der Waals surface area contributed by atoms with Crippen LogP contribution in [0.25, 0.3) is 16.8 Å². The molecule has 6 nitrogen and oxygen atoms in total. The van der Waals surface area contributed by atoms with Crippen molar-refractivity contribution in [3.05, 3.63) is 111 Å². The minimum absolute atomic E-state index is 0.0462. The predicted octanol–water partition coefficient (Wildman–Crippen LogP) is 6.75. The Morgan fingerprint density at radius 1 is 0.973 bits per heavy atom. The third kappa shape index (κ3) is 6.74. The molecular formula is C30H23IN2O4. The van der Waals surface area contributed by atoms with Gasteiger partial charge in [-0.25, -0.2) is 4.79 Å². The number of ether oxygens (including phenoxy) is 2. The molecule has 0 aliphatic rings. The summed E-state index contributed by atoms with van der Waals surface area (Å²) >= 11 is 2.18. The highest BCUT2D eigenvalue weighted by Crippen LogP contribution is 2.25. The van der Waals surface area contributed by atoms with Crippen molar-refractivity contribution >= 4 is 57.0 Å². The van der Waals surface area contributed by atoms with Crippen molar-refractivity contribution in [2.45, 2.75) is 13.5 Å². The molecule has 0 aromatic heterocycles. The van der Waals surface area contributed by atoms with Crippen LogP contribution in [0.2, 0.25) is 0 Å². The van der Waals surface area contributed by atoms with Gasteiger partial charge in [0.25, 0.3) is 5.91 Å². The van der Waals surface area contributed by atoms with Gasteiger partial charge in [0.15, 0.2) is 0 Å². The Bertz CT molecular complexity index is 1520. The van der Waals surface area contributed by atoms with Crippen molar-refractivity contribution in [1.82, 2.24) is 0 Å². The smallest absolute Gasteiger partial charge is 0.338 e. The van der Waals surface area contributed by atoms with Crippen LogP contribution in [0.3, 0.4) is 0 Å². The molecular weight excluding hydrogens is 579 g/mol. The molecule has 0 saturated heterocycles. The van der Waals surface area contributed by atoms with Gasteiger partial charge in [-0.1, -0.05) is 42.5 Å². The minimum Gasteiger partial charge on any atom is -0.488 e. The highest BCUT2D eigenvalue weighted by molar-refractivity contribution is 14.1. The molecule has 1 amide bonds. The number of rotatable bonds is 8. The lowest BCUT2D eigenvalue weighted by atomic mass is 10.1. The van der Waals surface area contributed by atoms with Crippen molar-refractivity contribution in [2.24, 2.45) is 0 Å².